The molecule has 0 radical (unpaired) electrons. The summed E-state index contributed by atoms with van der Waals surface area (Å²) in [5.74, 6) is -0.537. The molecule has 0 unspecified atom stereocenters. The van der Waals surface area contributed by atoms with Crippen molar-refractivity contribution in [2.45, 2.75) is 32.6 Å². The van der Waals surface area contributed by atoms with Crippen LogP contribution in [0.2, 0.25) is 0 Å². The number of aryl methyl sites for hydroxylation is 2. The summed E-state index contributed by atoms with van der Waals surface area (Å²) >= 11 is 0. The minimum atomic E-state index is -3.95. The monoisotopic (exact) mass is 449 g/mol. The van der Waals surface area contributed by atoms with Crippen molar-refractivity contribution in [3.8, 4) is 0 Å². The Hall–Kier alpha value is -3.45. The normalized spacial score (nSPS) is 11.5. The van der Waals surface area contributed by atoms with Gasteiger partial charge < -0.3 is 0 Å². The highest BCUT2D eigenvalue weighted by Gasteiger charge is 2.27. The third kappa shape index (κ3) is 5.06. The van der Waals surface area contributed by atoms with E-state index in [0.29, 0.717) is 5.69 Å². The van der Waals surface area contributed by atoms with Gasteiger partial charge in [-0.3, -0.25) is 9.10 Å². The Balaban J connectivity index is 1.85. The van der Waals surface area contributed by atoms with Crippen molar-refractivity contribution in [1.82, 2.24) is 5.43 Å². The van der Waals surface area contributed by atoms with Crippen LogP contribution in [-0.4, -0.2) is 27.1 Å². The number of rotatable bonds is 7. The molecule has 3 rings (SSSR count). The van der Waals surface area contributed by atoms with E-state index in [1.165, 1.54) is 23.3 Å². The second kappa shape index (κ2) is 9.78. The van der Waals surface area contributed by atoms with Crippen LogP contribution in [-0.2, 0) is 14.8 Å². The average molecular weight is 450 g/mol. The van der Waals surface area contributed by atoms with Crippen LogP contribution in [0.4, 0.5) is 5.69 Å². The number of amides is 1. The summed E-state index contributed by atoms with van der Waals surface area (Å²) in [4.78, 5) is 12.8. The minimum absolute atomic E-state index is 0.116. The van der Waals surface area contributed by atoms with E-state index in [9.17, 15) is 13.2 Å². The number of anilines is 1. The summed E-state index contributed by atoms with van der Waals surface area (Å²) in [6.45, 7) is 7.48. The minimum Gasteiger partial charge on any atom is -0.271 e. The summed E-state index contributed by atoms with van der Waals surface area (Å²) in [5, 5.41) is 4.05. The Morgan fingerprint density at radius 1 is 0.875 bits per heavy atom. The molecular formula is C25H27N3O3S. The van der Waals surface area contributed by atoms with E-state index in [1.54, 1.807) is 49.5 Å². The smallest absolute Gasteiger partial charge is 0.264 e. The molecule has 0 saturated carbocycles. The summed E-state index contributed by atoms with van der Waals surface area (Å²) in [6.07, 6.45) is 1.57. The zero-order chi connectivity index (χ0) is 23.3. The van der Waals surface area contributed by atoms with Crippen molar-refractivity contribution >= 4 is 27.8 Å². The average Bonchev–Trinajstić information content (AvgIpc) is 2.78. The highest BCUT2D eigenvalue weighted by atomic mass is 32.2. The summed E-state index contributed by atoms with van der Waals surface area (Å²) in [7, 11) is -3.95. The molecule has 3 aromatic carbocycles. The highest BCUT2D eigenvalue weighted by Crippen LogP contribution is 2.26. The van der Waals surface area contributed by atoms with E-state index < -0.39 is 22.5 Å². The predicted molar refractivity (Wildman–Crippen MR) is 129 cm³/mol. The van der Waals surface area contributed by atoms with Gasteiger partial charge in [0.15, 0.2) is 0 Å². The number of hydrazone groups is 1. The van der Waals surface area contributed by atoms with Gasteiger partial charge in [-0.2, -0.15) is 5.10 Å². The lowest BCUT2D eigenvalue weighted by Crippen LogP contribution is -2.40. The van der Waals surface area contributed by atoms with Crippen LogP contribution in [0.5, 0.6) is 0 Å². The molecule has 166 valence electrons. The van der Waals surface area contributed by atoms with E-state index in [4.69, 9.17) is 0 Å². The molecule has 0 aromatic heterocycles. The fourth-order valence-corrected chi connectivity index (χ4v) is 4.83. The van der Waals surface area contributed by atoms with Gasteiger partial charge in [0.1, 0.15) is 6.54 Å². The van der Waals surface area contributed by atoms with Gasteiger partial charge in [0, 0.05) is 0 Å². The van der Waals surface area contributed by atoms with Gasteiger partial charge in [0.05, 0.1) is 16.8 Å². The molecule has 3 aromatic rings. The topological polar surface area (TPSA) is 78.8 Å². The molecule has 0 aliphatic heterocycles. The number of para-hydroxylation sites is 1. The van der Waals surface area contributed by atoms with Gasteiger partial charge in [-0.15, -0.1) is 0 Å². The molecular weight excluding hydrogens is 422 g/mol. The molecule has 0 atom stereocenters. The fraction of sp³-hybridized carbons (Fsp3) is 0.200. The highest BCUT2D eigenvalue weighted by molar-refractivity contribution is 7.92. The van der Waals surface area contributed by atoms with E-state index in [0.717, 1.165) is 21.0 Å². The van der Waals surface area contributed by atoms with E-state index >= 15 is 0 Å². The number of carbonyl (C=O) groups is 1. The van der Waals surface area contributed by atoms with Crippen LogP contribution in [0.1, 0.15) is 27.8 Å². The zero-order valence-electron chi connectivity index (χ0n) is 18.7. The van der Waals surface area contributed by atoms with Crippen molar-refractivity contribution < 1.29 is 13.2 Å². The van der Waals surface area contributed by atoms with Gasteiger partial charge in [-0.1, -0.05) is 48.5 Å². The van der Waals surface area contributed by atoms with Gasteiger partial charge in [-0.25, -0.2) is 13.8 Å². The lowest BCUT2D eigenvalue weighted by molar-refractivity contribution is -0.119. The number of nitrogens with zero attached hydrogens (tertiary/aromatic N) is 2. The van der Waals surface area contributed by atoms with Crippen LogP contribution in [0.15, 0.2) is 76.7 Å². The summed E-state index contributed by atoms with van der Waals surface area (Å²) < 4.78 is 27.8. The van der Waals surface area contributed by atoms with Crippen LogP contribution in [0.25, 0.3) is 0 Å². The predicted octanol–water partition coefficient (Wildman–Crippen LogP) is 4.27. The Morgan fingerprint density at radius 3 is 2.22 bits per heavy atom. The maximum Gasteiger partial charge on any atom is 0.264 e. The Kier molecular flexibility index (Phi) is 7.10. The molecule has 0 heterocycles. The first-order valence-corrected chi connectivity index (χ1v) is 11.7. The Bertz CT molecular complexity index is 1250. The number of benzene rings is 3. The summed E-state index contributed by atoms with van der Waals surface area (Å²) in [5.41, 5.74) is 7.97. The zero-order valence-corrected chi connectivity index (χ0v) is 19.5. The lowest BCUT2D eigenvalue weighted by atomic mass is 10.00. The molecule has 1 N–H and O–H groups in total. The van der Waals surface area contributed by atoms with Gasteiger partial charge in [0.25, 0.3) is 15.9 Å². The van der Waals surface area contributed by atoms with Crippen LogP contribution in [0, 0.1) is 27.7 Å². The third-order valence-corrected chi connectivity index (χ3v) is 7.27. The molecule has 32 heavy (non-hydrogen) atoms. The van der Waals surface area contributed by atoms with Crippen molar-refractivity contribution in [3.63, 3.8) is 0 Å². The van der Waals surface area contributed by atoms with Crippen molar-refractivity contribution in [1.29, 1.82) is 0 Å². The molecule has 6 nitrogen and oxygen atoms in total. The summed E-state index contributed by atoms with van der Waals surface area (Å²) in [6, 6.07) is 19.1. The van der Waals surface area contributed by atoms with Crippen molar-refractivity contribution in [2.24, 2.45) is 5.10 Å². The SMILES string of the molecule is Cc1ccccc1N(CC(=O)N/N=C\c1ccc(C)c(C)c1C)S(=O)(=O)c1ccccc1. The van der Waals surface area contributed by atoms with E-state index in [-0.39, 0.29) is 4.90 Å². The van der Waals surface area contributed by atoms with Gasteiger partial charge in [0.2, 0.25) is 0 Å². The molecule has 7 heteroatoms. The number of hydrogen-bond donors (Lipinski definition) is 1. The standard InChI is InChI=1S/C25H27N3O3S/c1-18-14-15-22(21(4)20(18)3)16-26-27-25(29)17-28(24-13-9-8-10-19(24)2)32(30,31)23-11-6-5-7-12-23/h5-16H,17H2,1-4H3,(H,27,29)/b26-16-. The Labute approximate surface area is 189 Å². The maximum atomic E-state index is 13.3. The second-order valence-electron chi connectivity index (χ2n) is 7.63. The lowest BCUT2D eigenvalue weighted by Gasteiger charge is -2.25. The van der Waals surface area contributed by atoms with E-state index in [1.807, 2.05) is 39.0 Å². The van der Waals surface area contributed by atoms with Crippen LogP contribution < -0.4 is 9.73 Å². The Morgan fingerprint density at radius 2 is 1.53 bits per heavy atom. The molecule has 0 saturated heterocycles. The molecule has 0 spiro atoms. The molecule has 0 aliphatic rings. The second-order valence-corrected chi connectivity index (χ2v) is 9.49. The van der Waals surface area contributed by atoms with Crippen molar-refractivity contribution in [3.05, 3.63) is 94.5 Å². The number of carbonyl (C=O) groups excluding carboxylic acids is 1. The largest absolute Gasteiger partial charge is 0.271 e. The van der Waals surface area contributed by atoms with Crippen molar-refractivity contribution in [2.75, 3.05) is 10.8 Å². The van der Waals surface area contributed by atoms with Gasteiger partial charge >= 0.3 is 0 Å². The van der Waals surface area contributed by atoms with Crippen LogP contribution >= 0.6 is 0 Å². The molecule has 1 amide bonds. The molecule has 0 fully saturated rings. The van der Waals surface area contributed by atoms with Crippen LogP contribution in [0.3, 0.4) is 0 Å². The van der Waals surface area contributed by atoms with E-state index in [2.05, 4.69) is 10.5 Å². The fourth-order valence-electron chi connectivity index (χ4n) is 3.32. The maximum absolute atomic E-state index is 13.3. The number of hydrogen-bond acceptors (Lipinski definition) is 4. The quantitative estimate of drug-likeness (QED) is 0.432. The first-order valence-electron chi connectivity index (χ1n) is 10.2. The number of nitrogens with one attached hydrogen (secondary N) is 1. The first kappa shape index (κ1) is 23.2. The van der Waals surface area contributed by atoms with Gasteiger partial charge in [-0.05, 0) is 73.7 Å². The number of sulfonamides is 1. The third-order valence-electron chi connectivity index (χ3n) is 5.50. The molecule has 0 aliphatic carbocycles. The first-order chi connectivity index (χ1) is 15.2. The molecule has 0 bridgehead atoms.